The maximum atomic E-state index is 11.5. The van der Waals surface area contributed by atoms with E-state index in [0.29, 0.717) is 5.75 Å². The summed E-state index contributed by atoms with van der Waals surface area (Å²) in [7, 11) is 1.18. The van der Waals surface area contributed by atoms with E-state index in [9.17, 15) is 9.59 Å². The van der Waals surface area contributed by atoms with E-state index in [4.69, 9.17) is 9.84 Å². The number of carbonyl (C=O) groups is 2. The number of benzene rings is 1. The van der Waals surface area contributed by atoms with E-state index >= 15 is 0 Å². The van der Waals surface area contributed by atoms with Crippen LogP contribution in [0.25, 0.3) is 0 Å². The fourth-order valence-electron chi connectivity index (χ4n) is 1.41. The molecule has 0 saturated carbocycles. The molecule has 1 amide bonds. The van der Waals surface area contributed by atoms with Gasteiger partial charge in [0.2, 0.25) is 0 Å². The molecule has 0 aliphatic rings. The molecule has 0 aliphatic heterocycles. The number of hydrogen-bond donors (Lipinski definition) is 2. The molecule has 1 unspecified atom stereocenters. The number of aryl methyl sites for hydroxylation is 1. The van der Waals surface area contributed by atoms with Gasteiger partial charge in [-0.3, -0.25) is 4.79 Å². The Bertz CT molecular complexity index is 446. The van der Waals surface area contributed by atoms with Crippen LogP contribution in [-0.2, 0) is 14.3 Å². The van der Waals surface area contributed by atoms with Crippen molar-refractivity contribution in [3.8, 4) is 5.75 Å². The van der Waals surface area contributed by atoms with Gasteiger partial charge in [-0.2, -0.15) is 0 Å². The molecule has 0 radical (unpaired) electrons. The molecule has 104 valence electrons. The topological polar surface area (TPSA) is 84.9 Å². The Hall–Kier alpha value is -2.08. The lowest BCUT2D eigenvalue weighted by molar-refractivity contribution is -0.146. The number of nitrogens with one attached hydrogen (secondary N) is 1. The first-order chi connectivity index (χ1) is 9.06. The predicted molar refractivity (Wildman–Crippen MR) is 67.7 cm³/mol. The van der Waals surface area contributed by atoms with Crippen molar-refractivity contribution >= 4 is 11.9 Å². The summed E-state index contributed by atoms with van der Waals surface area (Å²) in [5.41, 5.74) is 1.01. The molecular weight excluding hydrogens is 250 g/mol. The summed E-state index contributed by atoms with van der Waals surface area (Å²) in [6.45, 7) is 1.14. The van der Waals surface area contributed by atoms with Crippen LogP contribution in [0.5, 0.6) is 5.75 Å². The number of methoxy groups -OCH3 is 1. The first-order valence-electron chi connectivity index (χ1n) is 5.74. The van der Waals surface area contributed by atoms with E-state index in [0.717, 1.165) is 5.56 Å². The van der Waals surface area contributed by atoms with Crippen LogP contribution in [0.1, 0.15) is 5.56 Å². The number of amides is 1. The molecule has 0 bridgehead atoms. The standard InChI is InChI=1S/C13H17NO5/c1-9-4-3-5-10(6-9)19-8-12(16)14-11(7-15)13(17)18-2/h3-6,11,15H,7-8H2,1-2H3,(H,14,16). The zero-order valence-electron chi connectivity index (χ0n) is 10.9. The summed E-state index contributed by atoms with van der Waals surface area (Å²) < 4.78 is 9.69. The van der Waals surface area contributed by atoms with Crippen LogP contribution in [0, 0.1) is 6.92 Å². The molecule has 2 N–H and O–H groups in total. The number of ether oxygens (including phenoxy) is 2. The maximum Gasteiger partial charge on any atom is 0.330 e. The summed E-state index contributed by atoms with van der Waals surface area (Å²) >= 11 is 0. The van der Waals surface area contributed by atoms with Crippen molar-refractivity contribution in [2.45, 2.75) is 13.0 Å². The van der Waals surface area contributed by atoms with Crippen molar-refractivity contribution in [1.82, 2.24) is 5.32 Å². The summed E-state index contributed by atoms with van der Waals surface area (Å²) in [5.74, 6) is -0.647. The second kappa shape index (κ2) is 7.38. The molecule has 0 saturated heterocycles. The molecule has 1 aromatic carbocycles. The van der Waals surface area contributed by atoms with Crippen molar-refractivity contribution in [2.24, 2.45) is 0 Å². The third kappa shape index (κ3) is 4.97. The van der Waals surface area contributed by atoms with Gasteiger partial charge >= 0.3 is 5.97 Å². The average molecular weight is 267 g/mol. The molecule has 6 nitrogen and oxygen atoms in total. The molecule has 0 aromatic heterocycles. The van der Waals surface area contributed by atoms with Gasteiger partial charge in [-0.05, 0) is 24.6 Å². The quantitative estimate of drug-likeness (QED) is 0.710. The monoisotopic (exact) mass is 267 g/mol. The molecule has 1 atom stereocenters. The molecular formula is C13H17NO5. The summed E-state index contributed by atoms with van der Waals surface area (Å²) in [4.78, 5) is 22.7. The van der Waals surface area contributed by atoms with Gasteiger partial charge in [-0.1, -0.05) is 12.1 Å². The molecule has 0 fully saturated rings. The van der Waals surface area contributed by atoms with Crippen LogP contribution in [0.15, 0.2) is 24.3 Å². The number of carbonyl (C=O) groups excluding carboxylic acids is 2. The Morgan fingerprint density at radius 3 is 2.74 bits per heavy atom. The molecule has 0 spiro atoms. The molecule has 6 heteroatoms. The van der Waals surface area contributed by atoms with Gasteiger partial charge in [0, 0.05) is 0 Å². The van der Waals surface area contributed by atoms with Gasteiger partial charge in [0.1, 0.15) is 5.75 Å². The van der Waals surface area contributed by atoms with Gasteiger partial charge in [-0.25, -0.2) is 4.79 Å². The third-order valence-corrected chi connectivity index (χ3v) is 2.36. The number of esters is 1. The van der Waals surface area contributed by atoms with Crippen LogP contribution in [0.3, 0.4) is 0 Å². The summed E-state index contributed by atoms with van der Waals surface area (Å²) in [6.07, 6.45) is 0. The zero-order valence-corrected chi connectivity index (χ0v) is 10.9. The first kappa shape index (κ1) is 15.0. The zero-order chi connectivity index (χ0) is 14.3. The second-order valence-electron chi connectivity index (χ2n) is 3.93. The molecule has 1 aromatic rings. The largest absolute Gasteiger partial charge is 0.484 e. The van der Waals surface area contributed by atoms with Gasteiger partial charge < -0.3 is 19.9 Å². The van der Waals surface area contributed by atoms with Crippen molar-refractivity contribution in [2.75, 3.05) is 20.3 Å². The van der Waals surface area contributed by atoms with E-state index in [1.165, 1.54) is 7.11 Å². The highest BCUT2D eigenvalue weighted by molar-refractivity contribution is 5.85. The Labute approximate surface area is 111 Å². The lowest BCUT2D eigenvalue weighted by atomic mass is 10.2. The Balaban J connectivity index is 2.45. The summed E-state index contributed by atoms with van der Waals surface area (Å²) in [6, 6.07) is 6.17. The lowest BCUT2D eigenvalue weighted by Crippen LogP contribution is -2.45. The number of hydrogen-bond acceptors (Lipinski definition) is 5. The molecule has 19 heavy (non-hydrogen) atoms. The van der Waals surface area contributed by atoms with Gasteiger partial charge in [0.05, 0.1) is 13.7 Å². The van der Waals surface area contributed by atoms with Gasteiger partial charge in [-0.15, -0.1) is 0 Å². The lowest BCUT2D eigenvalue weighted by Gasteiger charge is -2.14. The highest BCUT2D eigenvalue weighted by Crippen LogP contribution is 2.11. The van der Waals surface area contributed by atoms with Crippen molar-refractivity contribution in [3.63, 3.8) is 0 Å². The van der Waals surface area contributed by atoms with Crippen LogP contribution in [0.2, 0.25) is 0 Å². The molecule has 0 heterocycles. The number of aliphatic hydroxyl groups excluding tert-OH is 1. The third-order valence-electron chi connectivity index (χ3n) is 2.36. The molecule has 0 aliphatic carbocycles. The number of rotatable bonds is 6. The highest BCUT2D eigenvalue weighted by atomic mass is 16.5. The minimum atomic E-state index is -1.07. The Morgan fingerprint density at radius 1 is 1.42 bits per heavy atom. The fraction of sp³-hybridized carbons (Fsp3) is 0.385. The van der Waals surface area contributed by atoms with Crippen LogP contribution < -0.4 is 10.1 Å². The smallest absolute Gasteiger partial charge is 0.330 e. The normalized spacial score (nSPS) is 11.5. The van der Waals surface area contributed by atoms with E-state index < -0.39 is 24.5 Å². The maximum absolute atomic E-state index is 11.5. The Kier molecular flexibility index (Phi) is 5.81. The van der Waals surface area contributed by atoms with Crippen molar-refractivity contribution in [3.05, 3.63) is 29.8 Å². The van der Waals surface area contributed by atoms with E-state index in [2.05, 4.69) is 10.1 Å². The van der Waals surface area contributed by atoms with Crippen molar-refractivity contribution < 1.29 is 24.2 Å². The van der Waals surface area contributed by atoms with E-state index in [-0.39, 0.29) is 6.61 Å². The predicted octanol–water partition coefficient (Wildman–Crippen LogP) is 0.0239. The minimum Gasteiger partial charge on any atom is -0.484 e. The van der Waals surface area contributed by atoms with Crippen molar-refractivity contribution in [1.29, 1.82) is 0 Å². The van der Waals surface area contributed by atoms with Crippen LogP contribution >= 0.6 is 0 Å². The molecule has 1 rings (SSSR count). The van der Waals surface area contributed by atoms with Gasteiger partial charge in [0.25, 0.3) is 5.91 Å². The average Bonchev–Trinajstić information content (AvgIpc) is 2.41. The SMILES string of the molecule is COC(=O)C(CO)NC(=O)COc1cccc(C)c1. The first-order valence-corrected chi connectivity index (χ1v) is 5.74. The van der Waals surface area contributed by atoms with E-state index in [1.807, 2.05) is 19.1 Å². The highest BCUT2D eigenvalue weighted by Gasteiger charge is 2.20. The second-order valence-corrected chi connectivity index (χ2v) is 3.93. The fourth-order valence-corrected chi connectivity index (χ4v) is 1.41. The number of aliphatic hydroxyl groups is 1. The minimum absolute atomic E-state index is 0.239. The van der Waals surface area contributed by atoms with Gasteiger partial charge in [0.15, 0.2) is 12.6 Å². The van der Waals surface area contributed by atoms with E-state index in [1.54, 1.807) is 12.1 Å². The van der Waals surface area contributed by atoms with Crippen LogP contribution in [0.4, 0.5) is 0 Å². The van der Waals surface area contributed by atoms with Crippen LogP contribution in [-0.4, -0.2) is 43.3 Å². The summed E-state index contributed by atoms with van der Waals surface area (Å²) in [5, 5.41) is 11.3. The Morgan fingerprint density at radius 2 is 2.16 bits per heavy atom.